The molecule has 0 heterocycles. The predicted molar refractivity (Wildman–Crippen MR) is 87.3 cm³/mol. The number of carbonyl (C=O) groups is 2. The van der Waals surface area contributed by atoms with Crippen LogP contribution < -0.4 is 14.6 Å². The van der Waals surface area contributed by atoms with Gasteiger partial charge in [-0.05, 0) is 0 Å². The second-order valence-corrected chi connectivity index (χ2v) is 8.53. The molecule has 1 aromatic rings. The van der Waals surface area contributed by atoms with Crippen molar-refractivity contribution < 1.29 is 31.3 Å². The van der Waals surface area contributed by atoms with Gasteiger partial charge in [0.2, 0.25) is 0 Å². The Bertz CT molecular complexity index is 650. The fourth-order valence-electron chi connectivity index (χ4n) is 1.89. The van der Waals surface area contributed by atoms with E-state index in [2.05, 4.69) is 9.19 Å². The Morgan fingerprint density at radius 1 is 1.38 bits per heavy atom. The van der Waals surface area contributed by atoms with Crippen LogP contribution in [0, 0.1) is 0 Å². The van der Waals surface area contributed by atoms with Gasteiger partial charge in [0.25, 0.3) is 0 Å². The molecule has 1 atom stereocenters. The zero-order valence-electron chi connectivity index (χ0n) is 13.7. The van der Waals surface area contributed by atoms with Crippen LogP contribution in [0.25, 0.3) is 0 Å². The standard InChI is InChI=1S/C14H21AsN2O7/c1-4-7-23-9-14(19)17(3)13-8-11(16-10(2)18)5-6-12(13)15(20,21)24-22/h5-6,8,22H,4,7,9H2,1-3H3,(H,16,18)(H,20,21). The van der Waals surface area contributed by atoms with Crippen molar-refractivity contribution >= 4 is 41.7 Å². The number of rotatable bonds is 8. The van der Waals surface area contributed by atoms with Crippen molar-refractivity contribution in [2.75, 3.05) is 30.5 Å². The van der Waals surface area contributed by atoms with Crippen LogP contribution in [0.5, 0.6) is 0 Å². The summed E-state index contributed by atoms with van der Waals surface area (Å²) in [6, 6.07) is 3.93. The zero-order valence-corrected chi connectivity index (χ0v) is 15.6. The summed E-state index contributed by atoms with van der Waals surface area (Å²) in [5.41, 5.74) is 0.356. The van der Waals surface area contributed by atoms with Gasteiger partial charge in [0, 0.05) is 0 Å². The molecule has 0 aliphatic carbocycles. The van der Waals surface area contributed by atoms with E-state index < -0.39 is 20.1 Å². The summed E-state index contributed by atoms with van der Waals surface area (Å²) in [4.78, 5) is 24.4. The third kappa shape index (κ3) is 5.47. The van der Waals surface area contributed by atoms with Crippen LogP contribution in [0.15, 0.2) is 18.2 Å². The second kappa shape index (κ2) is 9.00. The van der Waals surface area contributed by atoms with E-state index >= 15 is 0 Å². The summed E-state index contributed by atoms with van der Waals surface area (Å²) in [5.74, 6) is -0.803. The van der Waals surface area contributed by atoms with Crippen molar-refractivity contribution in [2.45, 2.75) is 20.3 Å². The third-order valence-electron chi connectivity index (χ3n) is 3.02. The molecule has 1 unspecified atom stereocenters. The maximum atomic E-state index is 12.2. The van der Waals surface area contributed by atoms with Gasteiger partial charge in [-0.2, -0.15) is 0 Å². The number of anilines is 2. The Morgan fingerprint density at radius 2 is 2.04 bits per heavy atom. The normalized spacial score (nSPS) is 13.2. The molecule has 0 saturated carbocycles. The average Bonchev–Trinajstić information content (AvgIpc) is 2.53. The Labute approximate surface area is 142 Å². The van der Waals surface area contributed by atoms with Gasteiger partial charge in [-0.3, -0.25) is 0 Å². The minimum atomic E-state index is -5.22. The minimum absolute atomic E-state index is 0.0328. The molecule has 0 spiro atoms. The van der Waals surface area contributed by atoms with Crippen molar-refractivity contribution in [1.29, 1.82) is 0 Å². The summed E-state index contributed by atoms with van der Waals surface area (Å²) in [6.45, 7) is 3.39. The van der Waals surface area contributed by atoms with Crippen molar-refractivity contribution in [1.82, 2.24) is 0 Å². The Morgan fingerprint density at radius 3 is 2.58 bits per heavy atom. The molecule has 0 fully saturated rings. The molecule has 24 heavy (non-hydrogen) atoms. The molecule has 134 valence electrons. The van der Waals surface area contributed by atoms with E-state index in [-0.39, 0.29) is 22.6 Å². The summed E-state index contributed by atoms with van der Waals surface area (Å²) in [6.07, 6.45) is 0.744. The number of benzene rings is 1. The van der Waals surface area contributed by atoms with E-state index in [9.17, 15) is 17.4 Å². The number of nitrogens with one attached hydrogen (secondary N) is 1. The molecule has 3 N–H and O–H groups in total. The summed E-state index contributed by atoms with van der Waals surface area (Å²) < 4.78 is 30.5. The first-order chi connectivity index (χ1) is 11.2. The number of hydrogen-bond acceptors (Lipinski definition) is 6. The van der Waals surface area contributed by atoms with Gasteiger partial charge in [-0.1, -0.05) is 0 Å². The zero-order chi connectivity index (χ0) is 18.3. The van der Waals surface area contributed by atoms with E-state index in [4.69, 9.17) is 9.99 Å². The van der Waals surface area contributed by atoms with E-state index in [1.807, 2.05) is 6.92 Å². The van der Waals surface area contributed by atoms with Gasteiger partial charge >= 0.3 is 142 Å². The maximum absolute atomic E-state index is 12.2. The summed E-state index contributed by atoms with van der Waals surface area (Å²) >= 11 is -5.22. The van der Waals surface area contributed by atoms with Crippen LogP contribution in [-0.2, 0) is 21.9 Å². The van der Waals surface area contributed by atoms with E-state index in [0.717, 1.165) is 11.3 Å². The third-order valence-corrected chi connectivity index (χ3v) is 5.56. The van der Waals surface area contributed by atoms with E-state index in [1.165, 1.54) is 32.2 Å². The van der Waals surface area contributed by atoms with Crippen molar-refractivity contribution in [3.8, 4) is 0 Å². The molecule has 0 aliphatic heterocycles. The van der Waals surface area contributed by atoms with Gasteiger partial charge in [-0.25, -0.2) is 0 Å². The first-order valence-electron chi connectivity index (χ1n) is 7.15. The average molecular weight is 404 g/mol. The van der Waals surface area contributed by atoms with Crippen LogP contribution in [0.2, 0.25) is 0 Å². The molecule has 0 radical (unpaired) electrons. The quantitative estimate of drug-likeness (QED) is 0.243. The Balaban J connectivity index is 3.21. The number of hydrogen-bond donors (Lipinski definition) is 3. The van der Waals surface area contributed by atoms with Crippen molar-refractivity contribution in [2.24, 2.45) is 0 Å². The first-order valence-corrected chi connectivity index (χ1v) is 10.5. The molecular formula is C14H21AsN2O7. The number of nitrogens with zero attached hydrogens (tertiary/aromatic N) is 1. The topological polar surface area (TPSA) is 125 Å². The van der Waals surface area contributed by atoms with Gasteiger partial charge in [0.1, 0.15) is 0 Å². The molecule has 1 aromatic carbocycles. The molecule has 9 nitrogen and oxygen atoms in total. The number of ether oxygens (including phenoxy) is 1. The second-order valence-electron chi connectivity index (χ2n) is 4.99. The number of amides is 2. The van der Waals surface area contributed by atoms with Gasteiger partial charge in [0.05, 0.1) is 0 Å². The van der Waals surface area contributed by atoms with Gasteiger partial charge < -0.3 is 0 Å². The molecule has 10 heteroatoms. The Hall–Kier alpha value is -1.64. The fraction of sp³-hybridized carbons (Fsp3) is 0.429. The van der Waals surface area contributed by atoms with Gasteiger partial charge in [0.15, 0.2) is 0 Å². The molecule has 0 aromatic heterocycles. The SMILES string of the molecule is CCCOCC(=O)N(C)c1cc(NC(C)=O)ccc1[As](=O)(O)OO. The van der Waals surface area contributed by atoms with Crippen LogP contribution in [0.4, 0.5) is 11.4 Å². The van der Waals surface area contributed by atoms with Crippen LogP contribution in [0.1, 0.15) is 20.3 Å². The molecular weight excluding hydrogens is 383 g/mol. The summed E-state index contributed by atoms with van der Waals surface area (Å²) in [7, 11) is 1.39. The molecule has 2 amide bonds. The predicted octanol–water partition coefficient (Wildman–Crippen LogP) is 0.0927. The first kappa shape index (κ1) is 20.4. The molecule has 0 bridgehead atoms. The number of likely N-dealkylation sites (N-methyl/N-ethyl adjacent to an activating group) is 1. The monoisotopic (exact) mass is 404 g/mol. The molecule has 1 rings (SSSR count). The fourth-order valence-corrected chi connectivity index (χ4v) is 3.68. The van der Waals surface area contributed by atoms with Crippen molar-refractivity contribution in [3.05, 3.63) is 18.2 Å². The van der Waals surface area contributed by atoms with Crippen LogP contribution in [-0.4, -0.2) is 55.6 Å². The van der Waals surface area contributed by atoms with Gasteiger partial charge in [-0.15, -0.1) is 0 Å². The van der Waals surface area contributed by atoms with Crippen molar-refractivity contribution in [3.63, 3.8) is 0 Å². The molecule has 0 aliphatic rings. The van der Waals surface area contributed by atoms with E-state index in [0.29, 0.717) is 12.3 Å². The molecule has 0 saturated heterocycles. The van der Waals surface area contributed by atoms with Crippen LogP contribution >= 0.6 is 0 Å². The Kier molecular flexibility index (Phi) is 7.65. The summed E-state index contributed by atoms with van der Waals surface area (Å²) in [5, 5.41) is 11.2. The van der Waals surface area contributed by atoms with E-state index in [1.54, 1.807) is 0 Å². The van der Waals surface area contributed by atoms with Crippen LogP contribution in [0.3, 0.4) is 0 Å². The number of carbonyl (C=O) groups excluding carboxylic acids is 2.